The maximum atomic E-state index is 12.4. The second kappa shape index (κ2) is 5.29. The number of amides is 2. The Labute approximate surface area is 109 Å². The molecule has 18 heavy (non-hydrogen) atoms. The number of hydrogen-bond donors (Lipinski definition) is 1. The Morgan fingerprint density at radius 2 is 2.00 bits per heavy atom. The number of nitrogens with one attached hydrogen (secondary N) is 1. The van der Waals surface area contributed by atoms with Crippen molar-refractivity contribution in [1.82, 2.24) is 10.2 Å². The van der Waals surface area contributed by atoms with Crippen molar-refractivity contribution >= 4 is 11.8 Å². The van der Waals surface area contributed by atoms with Gasteiger partial charge in [0.05, 0.1) is 6.54 Å². The summed E-state index contributed by atoms with van der Waals surface area (Å²) in [5, 5.41) is 2.82. The summed E-state index contributed by atoms with van der Waals surface area (Å²) in [6, 6.07) is -0.0583. The van der Waals surface area contributed by atoms with Crippen LogP contribution in [0.1, 0.15) is 46.5 Å². The molecule has 4 nitrogen and oxygen atoms in total. The molecular weight excluding hydrogens is 228 g/mol. The van der Waals surface area contributed by atoms with Crippen LogP contribution in [-0.2, 0) is 9.59 Å². The highest BCUT2D eigenvalue weighted by Crippen LogP contribution is 2.28. The van der Waals surface area contributed by atoms with Crippen LogP contribution in [0.3, 0.4) is 0 Å². The quantitative estimate of drug-likeness (QED) is 0.810. The molecule has 1 aliphatic heterocycles. The Kier molecular flexibility index (Phi) is 3.93. The first-order chi connectivity index (χ1) is 8.49. The second-order valence-corrected chi connectivity index (χ2v) is 6.18. The topological polar surface area (TPSA) is 49.4 Å². The number of hydrogen-bond acceptors (Lipinski definition) is 2. The van der Waals surface area contributed by atoms with Crippen molar-refractivity contribution < 1.29 is 9.59 Å². The van der Waals surface area contributed by atoms with E-state index >= 15 is 0 Å². The highest BCUT2D eigenvalue weighted by molar-refractivity contribution is 5.95. The fourth-order valence-electron chi connectivity index (χ4n) is 3.14. The van der Waals surface area contributed by atoms with E-state index in [4.69, 9.17) is 0 Å². The number of piperazine rings is 1. The molecule has 102 valence electrons. The van der Waals surface area contributed by atoms with E-state index in [1.165, 1.54) is 12.8 Å². The fourth-order valence-corrected chi connectivity index (χ4v) is 3.14. The zero-order valence-electron chi connectivity index (χ0n) is 11.6. The molecule has 1 heterocycles. The smallest absolute Gasteiger partial charge is 0.246 e. The molecule has 1 saturated carbocycles. The largest absolute Gasteiger partial charge is 0.343 e. The van der Waals surface area contributed by atoms with E-state index in [-0.39, 0.29) is 36.4 Å². The van der Waals surface area contributed by atoms with E-state index < -0.39 is 0 Å². The van der Waals surface area contributed by atoms with Crippen molar-refractivity contribution in [3.8, 4) is 0 Å². The lowest BCUT2D eigenvalue weighted by Gasteiger charge is -2.41. The maximum Gasteiger partial charge on any atom is 0.246 e. The summed E-state index contributed by atoms with van der Waals surface area (Å²) in [6.07, 6.45) is 4.51. The first-order valence-corrected chi connectivity index (χ1v) is 7.09. The standard InChI is InChI=1S/C14H24N2O2/c1-9(2)13-14(18)16(8-12(17)15-13)11-6-4-5-10(3)7-11/h9-11,13H,4-8H2,1-3H3,(H,15,17). The van der Waals surface area contributed by atoms with Crippen molar-refractivity contribution in [2.45, 2.75) is 58.5 Å². The zero-order valence-corrected chi connectivity index (χ0v) is 11.6. The summed E-state index contributed by atoms with van der Waals surface area (Å²) >= 11 is 0. The van der Waals surface area contributed by atoms with Gasteiger partial charge in [-0.2, -0.15) is 0 Å². The van der Waals surface area contributed by atoms with E-state index in [1.54, 1.807) is 0 Å². The third kappa shape index (κ3) is 2.68. The Bertz CT molecular complexity index is 341. The molecule has 0 aromatic heterocycles. The van der Waals surface area contributed by atoms with Crippen LogP contribution in [0.4, 0.5) is 0 Å². The maximum absolute atomic E-state index is 12.4. The van der Waals surface area contributed by atoms with E-state index in [1.807, 2.05) is 18.7 Å². The third-order valence-electron chi connectivity index (χ3n) is 4.20. The summed E-state index contributed by atoms with van der Waals surface area (Å²) in [6.45, 7) is 6.45. The molecule has 2 aliphatic rings. The third-order valence-corrected chi connectivity index (χ3v) is 4.20. The van der Waals surface area contributed by atoms with Crippen LogP contribution < -0.4 is 5.32 Å². The van der Waals surface area contributed by atoms with Gasteiger partial charge in [-0.1, -0.05) is 33.6 Å². The van der Waals surface area contributed by atoms with Crippen LogP contribution >= 0.6 is 0 Å². The van der Waals surface area contributed by atoms with Gasteiger partial charge in [-0.05, 0) is 24.7 Å². The SMILES string of the molecule is CC1CCCC(N2CC(=O)NC(C(C)C)C2=O)C1. The van der Waals surface area contributed by atoms with Crippen molar-refractivity contribution in [3.05, 3.63) is 0 Å². The highest BCUT2D eigenvalue weighted by Gasteiger charge is 2.38. The Morgan fingerprint density at radius 3 is 2.61 bits per heavy atom. The van der Waals surface area contributed by atoms with E-state index in [9.17, 15) is 9.59 Å². The Hall–Kier alpha value is -1.06. The van der Waals surface area contributed by atoms with Gasteiger partial charge < -0.3 is 10.2 Å². The molecule has 2 rings (SSSR count). The van der Waals surface area contributed by atoms with Gasteiger partial charge in [0.15, 0.2) is 0 Å². The van der Waals surface area contributed by atoms with Gasteiger partial charge in [-0.3, -0.25) is 9.59 Å². The normalized spacial score (nSPS) is 33.8. The second-order valence-electron chi connectivity index (χ2n) is 6.18. The summed E-state index contributed by atoms with van der Waals surface area (Å²) in [5.41, 5.74) is 0. The lowest BCUT2D eigenvalue weighted by molar-refractivity contribution is -0.148. The molecule has 0 radical (unpaired) electrons. The fraction of sp³-hybridized carbons (Fsp3) is 0.857. The molecule has 1 aliphatic carbocycles. The average molecular weight is 252 g/mol. The minimum absolute atomic E-state index is 0.00785. The summed E-state index contributed by atoms with van der Waals surface area (Å²) in [7, 11) is 0. The van der Waals surface area contributed by atoms with Gasteiger partial charge in [-0.25, -0.2) is 0 Å². The van der Waals surface area contributed by atoms with Gasteiger partial charge in [0, 0.05) is 6.04 Å². The average Bonchev–Trinajstić information content (AvgIpc) is 2.31. The lowest BCUT2D eigenvalue weighted by Crippen LogP contribution is -2.62. The molecule has 0 bridgehead atoms. The number of nitrogens with zero attached hydrogens (tertiary/aromatic N) is 1. The summed E-state index contributed by atoms with van der Waals surface area (Å²) in [4.78, 5) is 26.0. The van der Waals surface area contributed by atoms with Crippen molar-refractivity contribution in [1.29, 1.82) is 0 Å². The summed E-state index contributed by atoms with van der Waals surface area (Å²) in [5.74, 6) is 0.930. The van der Waals surface area contributed by atoms with Crippen LogP contribution in [0.2, 0.25) is 0 Å². The molecule has 1 saturated heterocycles. The predicted octanol–water partition coefficient (Wildman–Crippen LogP) is 1.55. The molecule has 4 heteroatoms. The Morgan fingerprint density at radius 1 is 1.28 bits per heavy atom. The van der Waals surface area contributed by atoms with Gasteiger partial charge >= 0.3 is 0 Å². The van der Waals surface area contributed by atoms with Crippen molar-refractivity contribution in [2.75, 3.05) is 6.54 Å². The first kappa shape index (κ1) is 13.4. The van der Waals surface area contributed by atoms with Gasteiger partial charge in [0.25, 0.3) is 0 Å². The monoisotopic (exact) mass is 252 g/mol. The van der Waals surface area contributed by atoms with Gasteiger partial charge in [0.2, 0.25) is 11.8 Å². The number of carbonyl (C=O) groups is 2. The molecule has 1 N–H and O–H groups in total. The molecule has 0 spiro atoms. The number of carbonyl (C=O) groups excluding carboxylic acids is 2. The van der Waals surface area contributed by atoms with Crippen molar-refractivity contribution in [2.24, 2.45) is 11.8 Å². The molecule has 0 aromatic rings. The van der Waals surface area contributed by atoms with Gasteiger partial charge in [0.1, 0.15) is 6.04 Å². The Balaban J connectivity index is 2.10. The number of rotatable bonds is 2. The van der Waals surface area contributed by atoms with Crippen LogP contribution in [0, 0.1) is 11.8 Å². The zero-order chi connectivity index (χ0) is 13.3. The lowest BCUT2D eigenvalue weighted by atomic mass is 9.85. The molecule has 0 aromatic carbocycles. The van der Waals surface area contributed by atoms with Crippen molar-refractivity contribution in [3.63, 3.8) is 0 Å². The molecule has 3 unspecified atom stereocenters. The van der Waals surface area contributed by atoms with Crippen LogP contribution in [0.5, 0.6) is 0 Å². The minimum Gasteiger partial charge on any atom is -0.343 e. The minimum atomic E-state index is -0.330. The van der Waals surface area contributed by atoms with E-state index in [2.05, 4.69) is 12.2 Å². The van der Waals surface area contributed by atoms with Crippen LogP contribution in [0.25, 0.3) is 0 Å². The predicted molar refractivity (Wildman–Crippen MR) is 69.9 cm³/mol. The molecule has 2 amide bonds. The van der Waals surface area contributed by atoms with Crippen LogP contribution in [-0.4, -0.2) is 35.3 Å². The van der Waals surface area contributed by atoms with E-state index in [0.717, 1.165) is 12.8 Å². The summed E-state index contributed by atoms with van der Waals surface area (Å²) < 4.78 is 0. The molecular formula is C14H24N2O2. The van der Waals surface area contributed by atoms with E-state index in [0.29, 0.717) is 5.92 Å². The molecule has 2 fully saturated rings. The highest BCUT2D eigenvalue weighted by atomic mass is 16.2. The van der Waals surface area contributed by atoms with Gasteiger partial charge in [-0.15, -0.1) is 0 Å². The van der Waals surface area contributed by atoms with Crippen LogP contribution in [0.15, 0.2) is 0 Å². The first-order valence-electron chi connectivity index (χ1n) is 7.09. The molecule has 3 atom stereocenters.